The number of alkyl halides is 3. The van der Waals surface area contributed by atoms with Crippen LogP contribution in [0.25, 0.3) is 0 Å². The Bertz CT molecular complexity index is 1130. The van der Waals surface area contributed by atoms with Gasteiger partial charge in [-0.05, 0) is 40.9 Å². The predicted octanol–water partition coefficient (Wildman–Crippen LogP) is 3.61. The molecule has 0 radical (unpaired) electrons. The highest BCUT2D eigenvalue weighted by Crippen LogP contribution is 2.32. The molecule has 4 N–H and O–H groups in total. The van der Waals surface area contributed by atoms with Crippen molar-refractivity contribution < 1.29 is 27.5 Å². The first-order valence-corrected chi connectivity index (χ1v) is 10.1. The number of rotatable bonds is 7. The average Bonchev–Trinajstić information content (AvgIpc) is 3.17. The van der Waals surface area contributed by atoms with Crippen LogP contribution < -0.4 is 21.1 Å². The summed E-state index contributed by atoms with van der Waals surface area (Å²) in [6.45, 7) is -0.175. The van der Waals surface area contributed by atoms with E-state index in [0.717, 1.165) is 11.6 Å². The first kappa shape index (κ1) is 23.1. The van der Waals surface area contributed by atoms with Crippen molar-refractivity contribution in [2.24, 2.45) is 0 Å². The largest absolute Gasteiger partial charge is 0.497 e. The second kappa shape index (κ2) is 9.69. The number of aromatic nitrogens is 1. The Hall–Kier alpha value is -3.60. The van der Waals surface area contributed by atoms with Gasteiger partial charge >= 0.3 is 6.18 Å². The maximum atomic E-state index is 13.1. The van der Waals surface area contributed by atoms with Crippen LogP contribution in [0.2, 0.25) is 0 Å². The highest BCUT2D eigenvalue weighted by atomic mass is 32.1. The van der Waals surface area contributed by atoms with Gasteiger partial charge in [-0.25, -0.2) is 0 Å². The van der Waals surface area contributed by atoms with Crippen molar-refractivity contribution in [3.05, 3.63) is 75.8 Å². The summed E-state index contributed by atoms with van der Waals surface area (Å²) in [5.41, 5.74) is 5.51. The second-order valence-corrected chi connectivity index (χ2v) is 7.42. The number of nitrogens with one attached hydrogen (secondary N) is 2. The maximum absolute atomic E-state index is 13.1. The van der Waals surface area contributed by atoms with Crippen molar-refractivity contribution in [3.8, 4) is 5.75 Å². The molecule has 168 valence electrons. The standard InChI is InChI=1S/C21H19F3N4O3S/c1-31-14-7-4-5-12(9-14)10-26-19(29)17-16(25)18(32-28-17)20(30)27-11-13-6-2-3-8-15(13)21(22,23)24/h2-9H,10-11,25H2,1H3,(H,26,29)(H,27,30). The van der Waals surface area contributed by atoms with Gasteiger partial charge in [0.1, 0.15) is 10.6 Å². The van der Waals surface area contributed by atoms with Crippen molar-refractivity contribution in [2.45, 2.75) is 19.3 Å². The predicted molar refractivity (Wildman–Crippen MR) is 113 cm³/mol. The van der Waals surface area contributed by atoms with Crippen molar-refractivity contribution in [1.29, 1.82) is 0 Å². The van der Waals surface area contributed by atoms with E-state index in [1.807, 2.05) is 0 Å². The normalized spacial score (nSPS) is 11.1. The van der Waals surface area contributed by atoms with Crippen LogP contribution in [0.15, 0.2) is 48.5 Å². The van der Waals surface area contributed by atoms with Crippen LogP contribution in [0.4, 0.5) is 18.9 Å². The van der Waals surface area contributed by atoms with Crippen LogP contribution in [-0.2, 0) is 19.3 Å². The van der Waals surface area contributed by atoms with E-state index in [-0.39, 0.29) is 34.9 Å². The summed E-state index contributed by atoms with van der Waals surface area (Å²) in [5.74, 6) is -0.664. The van der Waals surface area contributed by atoms with Crippen LogP contribution in [-0.4, -0.2) is 23.3 Å². The molecule has 0 fully saturated rings. The molecule has 0 aliphatic rings. The number of amides is 2. The third-order valence-electron chi connectivity index (χ3n) is 4.50. The zero-order chi connectivity index (χ0) is 23.3. The molecule has 0 atom stereocenters. The van der Waals surface area contributed by atoms with Crippen molar-refractivity contribution in [1.82, 2.24) is 15.0 Å². The van der Waals surface area contributed by atoms with Gasteiger partial charge in [0.05, 0.1) is 18.4 Å². The number of hydrogen-bond donors (Lipinski definition) is 3. The summed E-state index contributed by atoms with van der Waals surface area (Å²) in [6, 6.07) is 12.0. The van der Waals surface area contributed by atoms with E-state index < -0.39 is 23.6 Å². The quantitative estimate of drug-likeness (QED) is 0.495. The van der Waals surface area contributed by atoms with E-state index in [9.17, 15) is 22.8 Å². The number of hydrogen-bond acceptors (Lipinski definition) is 6. The number of nitrogens with two attached hydrogens (primary N) is 1. The van der Waals surface area contributed by atoms with Crippen molar-refractivity contribution >= 4 is 29.0 Å². The molecule has 2 aromatic carbocycles. The summed E-state index contributed by atoms with van der Waals surface area (Å²) < 4.78 is 48.4. The number of ether oxygens (including phenoxy) is 1. The Morgan fingerprint density at radius 2 is 1.78 bits per heavy atom. The van der Waals surface area contributed by atoms with E-state index in [1.165, 1.54) is 25.3 Å². The van der Waals surface area contributed by atoms with Gasteiger partial charge < -0.3 is 21.1 Å². The van der Waals surface area contributed by atoms with Gasteiger partial charge in [-0.2, -0.15) is 17.5 Å². The topological polar surface area (TPSA) is 106 Å². The SMILES string of the molecule is COc1cccc(CNC(=O)c2nsc(C(=O)NCc3ccccc3C(F)(F)F)c2N)c1. The number of nitrogen functional groups attached to an aromatic ring is 1. The molecule has 0 bridgehead atoms. The third kappa shape index (κ3) is 5.35. The molecule has 2 amide bonds. The van der Waals surface area contributed by atoms with Crippen molar-refractivity contribution in [3.63, 3.8) is 0 Å². The lowest BCUT2D eigenvalue weighted by atomic mass is 10.1. The Balaban J connectivity index is 1.65. The minimum Gasteiger partial charge on any atom is -0.497 e. The number of carbonyl (C=O) groups is 2. The van der Waals surface area contributed by atoms with Crippen molar-refractivity contribution in [2.75, 3.05) is 12.8 Å². The average molecular weight is 464 g/mol. The van der Waals surface area contributed by atoms with Crippen LogP contribution in [0.5, 0.6) is 5.75 Å². The first-order valence-electron chi connectivity index (χ1n) is 9.30. The summed E-state index contributed by atoms with van der Waals surface area (Å²) in [7, 11) is 1.53. The lowest BCUT2D eigenvalue weighted by Gasteiger charge is -2.13. The molecule has 11 heteroatoms. The van der Waals surface area contributed by atoms with Gasteiger partial charge in [-0.3, -0.25) is 9.59 Å². The summed E-state index contributed by atoms with van der Waals surface area (Å²) in [6.07, 6.45) is -4.54. The molecule has 0 saturated heterocycles. The molecule has 0 aliphatic heterocycles. The maximum Gasteiger partial charge on any atom is 0.416 e. The molecule has 0 saturated carbocycles. The number of methoxy groups -OCH3 is 1. The van der Waals surface area contributed by atoms with Gasteiger partial charge in [0.2, 0.25) is 0 Å². The molecule has 0 unspecified atom stereocenters. The molecule has 1 aromatic heterocycles. The number of nitrogens with zero attached hydrogens (tertiary/aromatic N) is 1. The van der Waals surface area contributed by atoms with Gasteiger partial charge in [-0.15, -0.1) is 0 Å². The molecular weight excluding hydrogens is 445 g/mol. The third-order valence-corrected chi connectivity index (χ3v) is 5.36. The highest BCUT2D eigenvalue weighted by molar-refractivity contribution is 7.09. The molecule has 3 rings (SSSR count). The van der Waals surface area contributed by atoms with E-state index >= 15 is 0 Å². The Labute approximate surface area is 185 Å². The summed E-state index contributed by atoms with van der Waals surface area (Å²) in [4.78, 5) is 24.8. The molecule has 7 nitrogen and oxygen atoms in total. The Kier molecular flexibility index (Phi) is 6.98. The second-order valence-electron chi connectivity index (χ2n) is 6.65. The van der Waals surface area contributed by atoms with Gasteiger partial charge in [-0.1, -0.05) is 30.3 Å². The lowest BCUT2D eigenvalue weighted by Crippen LogP contribution is -2.26. The van der Waals surface area contributed by atoms with E-state index in [4.69, 9.17) is 10.5 Å². The molecule has 0 aliphatic carbocycles. The molecule has 0 spiro atoms. The van der Waals surface area contributed by atoms with Crippen LogP contribution >= 0.6 is 11.5 Å². The molecular formula is C21H19F3N4O3S. The summed E-state index contributed by atoms with van der Waals surface area (Å²) in [5, 5.41) is 5.05. The van der Waals surface area contributed by atoms with Crippen LogP contribution in [0.1, 0.15) is 36.9 Å². The lowest BCUT2D eigenvalue weighted by molar-refractivity contribution is -0.138. The molecule has 1 heterocycles. The molecule has 32 heavy (non-hydrogen) atoms. The minimum absolute atomic E-state index is 0.0546. The number of anilines is 1. The van der Waals surface area contributed by atoms with Gasteiger partial charge in [0, 0.05) is 13.1 Å². The number of carbonyl (C=O) groups excluding carboxylic acids is 2. The van der Waals surface area contributed by atoms with Gasteiger partial charge in [0.15, 0.2) is 5.69 Å². The smallest absolute Gasteiger partial charge is 0.416 e. The Morgan fingerprint density at radius 3 is 2.50 bits per heavy atom. The molecule has 3 aromatic rings. The van der Waals surface area contributed by atoms with E-state index in [2.05, 4.69) is 15.0 Å². The minimum atomic E-state index is -4.54. The van der Waals surface area contributed by atoms with E-state index in [0.29, 0.717) is 17.3 Å². The van der Waals surface area contributed by atoms with E-state index in [1.54, 1.807) is 24.3 Å². The Morgan fingerprint density at radius 1 is 1.06 bits per heavy atom. The first-order chi connectivity index (χ1) is 15.2. The van der Waals surface area contributed by atoms with Crippen LogP contribution in [0, 0.1) is 0 Å². The summed E-state index contributed by atoms with van der Waals surface area (Å²) >= 11 is 0.695. The van der Waals surface area contributed by atoms with Crippen LogP contribution in [0.3, 0.4) is 0 Å². The monoisotopic (exact) mass is 464 g/mol. The number of halogens is 3. The fourth-order valence-corrected chi connectivity index (χ4v) is 3.59. The highest BCUT2D eigenvalue weighted by Gasteiger charge is 2.33. The fraction of sp³-hybridized carbons (Fsp3) is 0.190. The number of benzene rings is 2. The zero-order valence-electron chi connectivity index (χ0n) is 16.8. The zero-order valence-corrected chi connectivity index (χ0v) is 17.6. The fourth-order valence-electron chi connectivity index (χ4n) is 2.88. The van der Waals surface area contributed by atoms with Gasteiger partial charge in [0.25, 0.3) is 11.8 Å².